The molecule has 1 rings (SSSR count). The Morgan fingerprint density at radius 1 is 1.11 bits per heavy atom. The standard InChI is InChI=1S/C15H23NO3/c1-4-17-13-9-7-8-12(10-13)11-14(16)15(18-5-2)19-6-3/h7-10,15-16H,4-6,11H2,1-3H3. The zero-order valence-electron chi connectivity index (χ0n) is 11.9. The summed E-state index contributed by atoms with van der Waals surface area (Å²) < 4.78 is 16.3. The van der Waals surface area contributed by atoms with Gasteiger partial charge in [-0.3, -0.25) is 0 Å². The van der Waals surface area contributed by atoms with Crippen LogP contribution in [0, 0.1) is 5.41 Å². The minimum atomic E-state index is -0.550. The van der Waals surface area contributed by atoms with Gasteiger partial charge in [-0.2, -0.15) is 0 Å². The number of hydrogen-bond acceptors (Lipinski definition) is 4. The van der Waals surface area contributed by atoms with E-state index in [0.717, 1.165) is 11.3 Å². The summed E-state index contributed by atoms with van der Waals surface area (Å²) in [7, 11) is 0. The second kappa shape index (κ2) is 8.67. The SMILES string of the molecule is CCOc1cccc(CC(=N)C(OCC)OCC)c1. The van der Waals surface area contributed by atoms with E-state index in [9.17, 15) is 0 Å². The van der Waals surface area contributed by atoms with E-state index in [4.69, 9.17) is 19.6 Å². The fourth-order valence-electron chi connectivity index (χ4n) is 1.77. The van der Waals surface area contributed by atoms with Crippen LogP contribution in [0.1, 0.15) is 26.3 Å². The van der Waals surface area contributed by atoms with Gasteiger partial charge in [-0.1, -0.05) is 12.1 Å². The first kappa shape index (κ1) is 15.7. The van der Waals surface area contributed by atoms with Crippen LogP contribution in [0.5, 0.6) is 5.75 Å². The van der Waals surface area contributed by atoms with E-state index in [2.05, 4.69) is 0 Å². The number of benzene rings is 1. The van der Waals surface area contributed by atoms with Gasteiger partial charge in [-0.05, 0) is 38.5 Å². The van der Waals surface area contributed by atoms with Crippen LogP contribution in [0.25, 0.3) is 0 Å². The second-order valence-electron chi connectivity index (χ2n) is 4.03. The molecule has 0 aliphatic carbocycles. The molecule has 106 valence electrons. The van der Waals surface area contributed by atoms with E-state index in [0.29, 0.717) is 32.0 Å². The Labute approximate surface area is 115 Å². The highest BCUT2D eigenvalue weighted by Crippen LogP contribution is 2.15. The average molecular weight is 265 g/mol. The maximum atomic E-state index is 8.07. The van der Waals surface area contributed by atoms with Gasteiger partial charge in [-0.25, -0.2) is 0 Å². The highest BCUT2D eigenvalue weighted by molar-refractivity contribution is 5.86. The van der Waals surface area contributed by atoms with E-state index in [-0.39, 0.29) is 0 Å². The third-order valence-electron chi connectivity index (χ3n) is 2.52. The van der Waals surface area contributed by atoms with Crippen molar-refractivity contribution in [1.82, 2.24) is 0 Å². The molecule has 0 radical (unpaired) electrons. The fraction of sp³-hybridized carbons (Fsp3) is 0.533. The van der Waals surface area contributed by atoms with Crippen molar-refractivity contribution in [1.29, 1.82) is 5.41 Å². The van der Waals surface area contributed by atoms with Crippen LogP contribution in [0.3, 0.4) is 0 Å². The molecule has 0 atom stereocenters. The van der Waals surface area contributed by atoms with Crippen molar-refractivity contribution in [2.75, 3.05) is 19.8 Å². The highest BCUT2D eigenvalue weighted by Gasteiger charge is 2.15. The van der Waals surface area contributed by atoms with Crippen LogP contribution in [-0.4, -0.2) is 31.8 Å². The number of hydrogen-bond donors (Lipinski definition) is 1. The molecule has 4 heteroatoms. The van der Waals surface area contributed by atoms with E-state index in [1.54, 1.807) is 0 Å². The molecule has 0 unspecified atom stereocenters. The summed E-state index contributed by atoms with van der Waals surface area (Å²) in [5.74, 6) is 0.831. The Bertz CT molecular complexity index is 387. The monoisotopic (exact) mass is 265 g/mol. The quantitative estimate of drug-likeness (QED) is 0.551. The van der Waals surface area contributed by atoms with E-state index in [1.807, 2.05) is 45.0 Å². The van der Waals surface area contributed by atoms with E-state index >= 15 is 0 Å². The smallest absolute Gasteiger partial charge is 0.196 e. The Morgan fingerprint density at radius 3 is 2.37 bits per heavy atom. The summed E-state index contributed by atoms with van der Waals surface area (Å²) >= 11 is 0. The molecule has 4 nitrogen and oxygen atoms in total. The molecule has 0 spiro atoms. The summed E-state index contributed by atoms with van der Waals surface area (Å²) in [5, 5.41) is 8.07. The molecule has 0 fully saturated rings. The zero-order valence-corrected chi connectivity index (χ0v) is 11.9. The maximum Gasteiger partial charge on any atom is 0.196 e. The van der Waals surface area contributed by atoms with E-state index < -0.39 is 6.29 Å². The van der Waals surface area contributed by atoms with Gasteiger partial charge in [0.05, 0.1) is 12.3 Å². The van der Waals surface area contributed by atoms with Crippen molar-refractivity contribution >= 4 is 5.71 Å². The van der Waals surface area contributed by atoms with Crippen LogP contribution in [-0.2, 0) is 15.9 Å². The predicted octanol–water partition coefficient (Wildman–Crippen LogP) is 3.05. The molecule has 1 aromatic carbocycles. The first-order valence-electron chi connectivity index (χ1n) is 6.73. The summed E-state index contributed by atoms with van der Waals surface area (Å²) in [6.07, 6.45) is -0.0447. The summed E-state index contributed by atoms with van der Waals surface area (Å²) in [5.41, 5.74) is 1.46. The maximum absolute atomic E-state index is 8.07. The van der Waals surface area contributed by atoms with Gasteiger partial charge in [0.25, 0.3) is 0 Å². The van der Waals surface area contributed by atoms with Crippen molar-refractivity contribution in [2.45, 2.75) is 33.5 Å². The van der Waals surface area contributed by atoms with Crippen molar-refractivity contribution in [2.24, 2.45) is 0 Å². The molecule has 0 amide bonds. The second-order valence-corrected chi connectivity index (χ2v) is 4.03. The molecule has 0 bridgehead atoms. The molecule has 0 saturated carbocycles. The Kier molecular flexibility index (Phi) is 7.15. The van der Waals surface area contributed by atoms with Crippen LogP contribution in [0.15, 0.2) is 24.3 Å². The zero-order chi connectivity index (χ0) is 14.1. The molecular formula is C15H23NO3. The lowest BCUT2D eigenvalue weighted by atomic mass is 10.1. The molecular weight excluding hydrogens is 242 g/mol. The summed E-state index contributed by atoms with van der Waals surface area (Å²) in [6.45, 7) is 7.46. The Hall–Kier alpha value is -1.39. The molecule has 0 aromatic heterocycles. The van der Waals surface area contributed by atoms with Gasteiger partial charge in [0.2, 0.25) is 0 Å². The molecule has 19 heavy (non-hydrogen) atoms. The Morgan fingerprint density at radius 2 is 1.79 bits per heavy atom. The summed E-state index contributed by atoms with van der Waals surface area (Å²) in [4.78, 5) is 0. The van der Waals surface area contributed by atoms with Gasteiger partial charge < -0.3 is 19.6 Å². The lowest BCUT2D eigenvalue weighted by Crippen LogP contribution is -2.28. The Balaban J connectivity index is 2.66. The molecule has 0 aliphatic rings. The molecule has 1 aromatic rings. The predicted molar refractivity (Wildman–Crippen MR) is 76.1 cm³/mol. The van der Waals surface area contributed by atoms with Gasteiger partial charge in [0.15, 0.2) is 6.29 Å². The van der Waals surface area contributed by atoms with Crippen molar-refractivity contribution < 1.29 is 14.2 Å². The van der Waals surface area contributed by atoms with E-state index in [1.165, 1.54) is 0 Å². The fourth-order valence-corrected chi connectivity index (χ4v) is 1.77. The largest absolute Gasteiger partial charge is 0.494 e. The number of ether oxygens (including phenoxy) is 3. The topological polar surface area (TPSA) is 51.5 Å². The third-order valence-corrected chi connectivity index (χ3v) is 2.52. The van der Waals surface area contributed by atoms with Crippen LogP contribution < -0.4 is 4.74 Å². The lowest BCUT2D eigenvalue weighted by Gasteiger charge is -2.18. The third kappa shape index (κ3) is 5.41. The minimum absolute atomic E-state index is 0.428. The van der Waals surface area contributed by atoms with Crippen LogP contribution in [0.4, 0.5) is 0 Å². The summed E-state index contributed by atoms with van der Waals surface area (Å²) in [6, 6.07) is 7.78. The molecule has 0 saturated heterocycles. The molecule has 0 heterocycles. The van der Waals surface area contributed by atoms with Crippen molar-refractivity contribution in [3.8, 4) is 5.75 Å². The minimum Gasteiger partial charge on any atom is -0.494 e. The van der Waals surface area contributed by atoms with Crippen molar-refractivity contribution in [3.05, 3.63) is 29.8 Å². The molecule has 0 aliphatic heterocycles. The highest BCUT2D eigenvalue weighted by atomic mass is 16.7. The first-order chi connectivity index (χ1) is 9.21. The number of rotatable bonds is 9. The lowest BCUT2D eigenvalue weighted by molar-refractivity contribution is -0.0912. The van der Waals surface area contributed by atoms with Gasteiger partial charge in [0, 0.05) is 19.6 Å². The normalized spacial score (nSPS) is 10.7. The van der Waals surface area contributed by atoms with Gasteiger partial charge in [0.1, 0.15) is 5.75 Å². The average Bonchev–Trinajstić information content (AvgIpc) is 2.39. The van der Waals surface area contributed by atoms with Gasteiger partial charge in [-0.15, -0.1) is 0 Å². The van der Waals surface area contributed by atoms with Gasteiger partial charge >= 0.3 is 0 Å². The first-order valence-corrected chi connectivity index (χ1v) is 6.73. The van der Waals surface area contributed by atoms with Crippen molar-refractivity contribution in [3.63, 3.8) is 0 Å². The number of nitrogens with one attached hydrogen (secondary N) is 1. The van der Waals surface area contributed by atoms with Crippen LogP contribution >= 0.6 is 0 Å². The molecule has 1 N–H and O–H groups in total. The van der Waals surface area contributed by atoms with Crippen LogP contribution in [0.2, 0.25) is 0 Å².